The van der Waals surface area contributed by atoms with Gasteiger partial charge in [0, 0.05) is 30.7 Å². The molecule has 46 heavy (non-hydrogen) atoms. The van der Waals surface area contributed by atoms with Gasteiger partial charge in [-0.1, -0.05) is 18.2 Å². The van der Waals surface area contributed by atoms with Crippen LogP contribution in [-0.2, 0) is 25.7 Å². The number of rotatable bonds is 4. The monoisotopic (exact) mass is 622 g/mol. The largest absolute Gasteiger partial charge is 0.493 e. The predicted octanol–water partition coefficient (Wildman–Crippen LogP) is 7.16. The Morgan fingerprint density at radius 3 is 1.98 bits per heavy atom. The number of fused-ring (bicyclic) bond motifs is 1. The van der Waals surface area contributed by atoms with E-state index in [1.807, 2.05) is 18.2 Å². The quantitative estimate of drug-likeness (QED) is 0.238. The molecule has 0 spiro atoms. The lowest BCUT2D eigenvalue weighted by Crippen LogP contribution is -2.34. The van der Waals surface area contributed by atoms with E-state index >= 15 is 0 Å². The third-order valence-electron chi connectivity index (χ3n) is 9.85. The third-order valence-corrected chi connectivity index (χ3v) is 9.85. The molecular formula is C38H42N2O6. The van der Waals surface area contributed by atoms with E-state index in [9.17, 15) is 0 Å². The van der Waals surface area contributed by atoms with Crippen LogP contribution in [0.1, 0.15) is 45.5 Å². The van der Waals surface area contributed by atoms with Crippen LogP contribution in [0.3, 0.4) is 0 Å². The van der Waals surface area contributed by atoms with Gasteiger partial charge in [0.25, 0.3) is 0 Å². The zero-order chi connectivity index (χ0) is 31.9. The molecule has 0 N–H and O–H groups in total. The molecular weight excluding hydrogens is 580 g/mol. The van der Waals surface area contributed by atoms with Crippen LogP contribution in [0, 0.1) is 0 Å². The van der Waals surface area contributed by atoms with Gasteiger partial charge < -0.3 is 28.4 Å². The molecule has 8 nitrogen and oxygen atoms in total. The second-order valence-electron chi connectivity index (χ2n) is 12.5. The number of hydrogen-bond acceptors (Lipinski definition) is 8. The summed E-state index contributed by atoms with van der Waals surface area (Å²) in [6, 6.07) is 21.2. The normalized spacial score (nSPS) is 19.2. The van der Waals surface area contributed by atoms with Gasteiger partial charge in [0.1, 0.15) is 5.75 Å². The molecule has 0 aliphatic carbocycles. The number of hydrogen-bond donors (Lipinski definition) is 0. The van der Waals surface area contributed by atoms with E-state index < -0.39 is 0 Å². The van der Waals surface area contributed by atoms with Crippen molar-refractivity contribution in [3.05, 3.63) is 94.0 Å². The summed E-state index contributed by atoms with van der Waals surface area (Å²) in [5.74, 6) is 5.41. The first kappa shape index (κ1) is 30.3. The second-order valence-corrected chi connectivity index (χ2v) is 12.5. The number of benzene rings is 4. The molecule has 5 aliphatic heterocycles. The molecule has 5 heterocycles. The fraction of sp³-hybridized carbons (Fsp3) is 0.368. The van der Waals surface area contributed by atoms with Gasteiger partial charge in [-0.3, -0.25) is 9.80 Å². The minimum Gasteiger partial charge on any atom is -0.493 e. The molecule has 0 saturated heterocycles. The van der Waals surface area contributed by atoms with Crippen LogP contribution in [0.15, 0.2) is 60.7 Å². The van der Waals surface area contributed by atoms with Gasteiger partial charge in [0.15, 0.2) is 34.5 Å². The zero-order valence-corrected chi connectivity index (χ0v) is 27.5. The third kappa shape index (κ3) is 5.39. The molecule has 0 fully saturated rings. The number of likely N-dealkylation sites (N-methyl/N-ethyl adjacent to an activating group) is 2. The SMILES string of the molecule is COc1ccc2cc1Oc1ccc(cc1)C[C@@H]1c3cc(OC)c(cc3CCN1C)Oc1c(OC)c(OC)cc3c1[C@@H](C2)N(C)CC3. The summed E-state index contributed by atoms with van der Waals surface area (Å²) >= 11 is 0. The molecule has 5 aliphatic rings. The van der Waals surface area contributed by atoms with E-state index in [4.69, 9.17) is 28.4 Å². The molecule has 0 amide bonds. The summed E-state index contributed by atoms with van der Waals surface area (Å²) < 4.78 is 37.1. The van der Waals surface area contributed by atoms with Gasteiger partial charge in [0.05, 0.1) is 28.4 Å². The van der Waals surface area contributed by atoms with Crippen molar-refractivity contribution in [1.29, 1.82) is 0 Å². The summed E-state index contributed by atoms with van der Waals surface area (Å²) in [6.07, 6.45) is 3.37. The van der Waals surface area contributed by atoms with Crippen molar-refractivity contribution >= 4 is 0 Å². The number of methoxy groups -OCH3 is 4. The van der Waals surface area contributed by atoms with Crippen LogP contribution in [0.4, 0.5) is 0 Å². The average molecular weight is 623 g/mol. The first-order valence-electron chi connectivity index (χ1n) is 15.9. The first-order chi connectivity index (χ1) is 22.4. The lowest BCUT2D eigenvalue weighted by molar-refractivity contribution is 0.220. The standard InChI is InChI=1S/C38H42N2O6/c1-39-15-13-25-20-34-32(42-4)22-28(25)29(39)17-23-7-10-27(11-8-23)45-33-19-24(9-12-31(33)41-3)18-30-36-26(14-16-40(30)2)21-35(43-5)37(44-6)38(36)46-34/h7-12,19-22,29-30H,13-18H2,1-6H3/t29-,30-/m1/s1. The van der Waals surface area contributed by atoms with Crippen LogP contribution in [0.5, 0.6) is 46.0 Å². The first-order valence-corrected chi connectivity index (χ1v) is 15.9. The van der Waals surface area contributed by atoms with Crippen molar-refractivity contribution < 1.29 is 28.4 Å². The highest BCUT2D eigenvalue weighted by Crippen LogP contribution is 2.52. The Balaban J connectivity index is 1.46. The Hall–Kier alpha value is -4.40. The highest BCUT2D eigenvalue weighted by Gasteiger charge is 2.34. The summed E-state index contributed by atoms with van der Waals surface area (Å²) in [5.41, 5.74) is 7.16. The van der Waals surface area contributed by atoms with Crippen molar-refractivity contribution in [3.63, 3.8) is 0 Å². The maximum Gasteiger partial charge on any atom is 0.204 e. The Morgan fingerprint density at radius 1 is 0.609 bits per heavy atom. The van der Waals surface area contributed by atoms with E-state index in [-0.39, 0.29) is 12.1 Å². The van der Waals surface area contributed by atoms with Crippen molar-refractivity contribution in [1.82, 2.24) is 9.80 Å². The van der Waals surface area contributed by atoms with Gasteiger partial charge in [-0.2, -0.15) is 0 Å². The van der Waals surface area contributed by atoms with Crippen molar-refractivity contribution in [2.24, 2.45) is 0 Å². The van der Waals surface area contributed by atoms with E-state index in [1.165, 1.54) is 22.3 Å². The van der Waals surface area contributed by atoms with Crippen LogP contribution in [0.2, 0.25) is 0 Å². The maximum absolute atomic E-state index is 6.98. The van der Waals surface area contributed by atoms with Gasteiger partial charge in [-0.05, 0) is 110 Å². The van der Waals surface area contributed by atoms with Crippen LogP contribution < -0.4 is 28.4 Å². The van der Waals surface area contributed by atoms with Crippen molar-refractivity contribution in [2.45, 2.75) is 37.8 Å². The number of nitrogens with zero attached hydrogens (tertiary/aromatic N) is 2. The van der Waals surface area contributed by atoms with E-state index in [2.05, 4.69) is 66.4 Å². The van der Waals surface area contributed by atoms with Crippen LogP contribution >= 0.6 is 0 Å². The summed E-state index contributed by atoms with van der Waals surface area (Å²) in [7, 11) is 11.1. The smallest absolute Gasteiger partial charge is 0.204 e. The average Bonchev–Trinajstić information content (AvgIpc) is 3.07. The fourth-order valence-corrected chi connectivity index (χ4v) is 7.28. The lowest BCUT2D eigenvalue weighted by atomic mass is 9.87. The van der Waals surface area contributed by atoms with E-state index in [0.717, 1.165) is 55.6 Å². The lowest BCUT2D eigenvalue weighted by Gasteiger charge is -2.37. The molecule has 4 aromatic carbocycles. The molecule has 2 atom stereocenters. The molecule has 0 unspecified atom stereocenters. The second kappa shape index (κ2) is 12.4. The highest BCUT2D eigenvalue weighted by atomic mass is 16.5. The van der Waals surface area contributed by atoms with Gasteiger partial charge in [-0.25, -0.2) is 0 Å². The van der Waals surface area contributed by atoms with Gasteiger partial charge in [-0.15, -0.1) is 0 Å². The molecule has 0 radical (unpaired) electrons. The predicted molar refractivity (Wildman–Crippen MR) is 178 cm³/mol. The molecule has 8 heteroatoms. The fourth-order valence-electron chi connectivity index (χ4n) is 7.28. The Kier molecular flexibility index (Phi) is 8.17. The topological polar surface area (TPSA) is 61.9 Å². The molecule has 8 bridgehead atoms. The van der Waals surface area contributed by atoms with Crippen molar-refractivity contribution in [2.75, 3.05) is 55.6 Å². The van der Waals surface area contributed by atoms with Crippen molar-refractivity contribution in [3.8, 4) is 46.0 Å². The molecule has 9 rings (SSSR count). The number of ether oxygens (including phenoxy) is 6. The maximum atomic E-state index is 6.98. The zero-order valence-electron chi connectivity index (χ0n) is 27.5. The van der Waals surface area contributed by atoms with Gasteiger partial charge >= 0.3 is 0 Å². The summed E-state index contributed by atoms with van der Waals surface area (Å²) in [6.45, 7) is 1.85. The Bertz CT molecular complexity index is 1750. The summed E-state index contributed by atoms with van der Waals surface area (Å²) in [4.78, 5) is 4.81. The van der Waals surface area contributed by atoms with E-state index in [0.29, 0.717) is 40.2 Å². The molecule has 0 aromatic heterocycles. The Morgan fingerprint density at radius 2 is 1.26 bits per heavy atom. The minimum absolute atomic E-state index is 0.00261. The summed E-state index contributed by atoms with van der Waals surface area (Å²) in [5, 5.41) is 0. The molecule has 0 saturated carbocycles. The van der Waals surface area contributed by atoms with Gasteiger partial charge in [0.2, 0.25) is 5.75 Å². The minimum atomic E-state index is 0.00261. The van der Waals surface area contributed by atoms with Crippen LogP contribution in [-0.4, -0.2) is 65.4 Å². The molecule has 240 valence electrons. The molecule has 4 aromatic rings. The van der Waals surface area contributed by atoms with E-state index in [1.54, 1.807) is 28.4 Å². The Labute approximate surface area is 271 Å². The highest BCUT2D eigenvalue weighted by molar-refractivity contribution is 5.64. The van der Waals surface area contributed by atoms with Crippen LogP contribution in [0.25, 0.3) is 0 Å².